The number of fused-ring (bicyclic) bond motifs is 1. The topological polar surface area (TPSA) is 82.0 Å². The van der Waals surface area contributed by atoms with E-state index < -0.39 is 0 Å². The maximum atomic E-state index is 5.51. The van der Waals surface area contributed by atoms with Crippen LogP contribution in [0.25, 0.3) is 11.0 Å². The van der Waals surface area contributed by atoms with Crippen molar-refractivity contribution in [2.24, 2.45) is 0 Å². The van der Waals surface area contributed by atoms with Crippen molar-refractivity contribution in [2.45, 2.75) is 19.9 Å². The molecule has 0 aliphatic heterocycles. The van der Waals surface area contributed by atoms with Crippen molar-refractivity contribution in [1.82, 2.24) is 19.9 Å². The van der Waals surface area contributed by atoms with E-state index in [9.17, 15) is 0 Å². The fraction of sp³-hybridized carbons (Fsp3) is 0.333. The number of methoxy groups -OCH3 is 1. The zero-order valence-corrected chi connectivity index (χ0v) is 16.4. The summed E-state index contributed by atoms with van der Waals surface area (Å²) < 4.78 is 11.5. The molecular weight excluding hydrogens is 398 g/mol. The molecule has 3 rings (SSSR count). The number of nitrogens with one attached hydrogen (secondary N) is 1. The average Bonchev–Trinajstić information content (AvgIpc) is 2.62. The summed E-state index contributed by atoms with van der Waals surface area (Å²) in [7, 11) is 1.62. The molecule has 0 saturated carbocycles. The molecule has 0 saturated heterocycles. The summed E-state index contributed by atoms with van der Waals surface area (Å²) in [5, 5.41) is 3.42. The Balaban J connectivity index is 1.91. The van der Waals surface area contributed by atoms with Gasteiger partial charge in [0, 0.05) is 11.6 Å². The van der Waals surface area contributed by atoms with Gasteiger partial charge in [-0.2, -0.15) is 4.98 Å². The van der Waals surface area contributed by atoms with Gasteiger partial charge in [0.15, 0.2) is 5.82 Å². The number of hydrogen-bond acceptors (Lipinski definition) is 7. The highest BCUT2D eigenvalue weighted by molar-refractivity contribution is 9.10. The molecule has 0 amide bonds. The number of aryl methyl sites for hydroxylation is 1. The molecule has 0 fully saturated rings. The van der Waals surface area contributed by atoms with E-state index in [2.05, 4.69) is 60.2 Å². The van der Waals surface area contributed by atoms with Crippen molar-refractivity contribution in [1.29, 1.82) is 0 Å². The predicted octanol–water partition coefficient (Wildman–Crippen LogP) is 3.69. The standard InChI is InChI=1S/C18H20BrN5O2/c1-11(13-5-4-6-14(19)9-13)21-17-16-15(22-12(2)23-17)10-20-18(24-16)26-8-7-25-3/h4-6,9-11H,7-8H2,1-3H3,(H,21,22,23)/t11-/m1/s1. The summed E-state index contributed by atoms with van der Waals surface area (Å²) in [6.07, 6.45) is 1.65. The van der Waals surface area contributed by atoms with Crippen molar-refractivity contribution in [3.8, 4) is 6.01 Å². The highest BCUT2D eigenvalue weighted by Crippen LogP contribution is 2.25. The first-order chi connectivity index (χ1) is 12.6. The van der Waals surface area contributed by atoms with Crippen molar-refractivity contribution >= 4 is 32.8 Å². The highest BCUT2D eigenvalue weighted by Gasteiger charge is 2.13. The van der Waals surface area contributed by atoms with Crippen LogP contribution in [-0.4, -0.2) is 40.3 Å². The Hall–Kier alpha value is -2.32. The second kappa shape index (κ2) is 8.37. The van der Waals surface area contributed by atoms with Crippen LogP contribution in [0.2, 0.25) is 0 Å². The minimum atomic E-state index is 0.0397. The van der Waals surface area contributed by atoms with E-state index in [1.54, 1.807) is 13.3 Å². The molecule has 26 heavy (non-hydrogen) atoms. The number of hydrogen-bond donors (Lipinski definition) is 1. The van der Waals surface area contributed by atoms with Gasteiger partial charge in [-0.15, -0.1) is 0 Å². The molecule has 0 unspecified atom stereocenters. The van der Waals surface area contributed by atoms with Crippen LogP contribution in [0.1, 0.15) is 24.4 Å². The molecule has 0 radical (unpaired) electrons. The summed E-state index contributed by atoms with van der Waals surface area (Å²) in [6, 6.07) is 8.45. The minimum absolute atomic E-state index is 0.0397. The zero-order valence-electron chi connectivity index (χ0n) is 14.9. The van der Waals surface area contributed by atoms with Crippen LogP contribution in [-0.2, 0) is 4.74 Å². The number of nitrogens with zero attached hydrogens (tertiary/aromatic N) is 4. The number of rotatable bonds is 7. The summed E-state index contributed by atoms with van der Waals surface area (Å²) in [6.45, 7) is 4.77. The summed E-state index contributed by atoms with van der Waals surface area (Å²) in [5.41, 5.74) is 2.43. The van der Waals surface area contributed by atoms with E-state index in [0.29, 0.717) is 35.9 Å². The van der Waals surface area contributed by atoms with Crippen LogP contribution >= 0.6 is 15.9 Å². The van der Waals surface area contributed by atoms with Gasteiger partial charge in [-0.05, 0) is 31.5 Å². The van der Waals surface area contributed by atoms with Crippen molar-refractivity contribution < 1.29 is 9.47 Å². The van der Waals surface area contributed by atoms with Crippen LogP contribution < -0.4 is 10.1 Å². The maximum Gasteiger partial charge on any atom is 0.317 e. The van der Waals surface area contributed by atoms with Gasteiger partial charge in [0.25, 0.3) is 0 Å². The average molecular weight is 418 g/mol. The molecule has 0 bridgehead atoms. The van der Waals surface area contributed by atoms with Crippen LogP contribution in [0.4, 0.5) is 5.82 Å². The Morgan fingerprint density at radius 3 is 2.81 bits per heavy atom. The smallest absolute Gasteiger partial charge is 0.317 e. The first-order valence-corrected chi connectivity index (χ1v) is 9.01. The third-order valence-corrected chi connectivity index (χ3v) is 4.24. The van der Waals surface area contributed by atoms with Gasteiger partial charge in [-0.1, -0.05) is 28.1 Å². The monoisotopic (exact) mass is 417 g/mol. The third kappa shape index (κ3) is 4.44. The molecule has 136 valence electrons. The predicted molar refractivity (Wildman–Crippen MR) is 103 cm³/mol. The van der Waals surface area contributed by atoms with E-state index in [0.717, 1.165) is 10.0 Å². The molecule has 8 heteroatoms. The fourth-order valence-corrected chi connectivity index (χ4v) is 2.90. The van der Waals surface area contributed by atoms with Gasteiger partial charge in [-0.3, -0.25) is 0 Å². The van der Waals surface area contributed by atoms with Gasteiger partial charge < -0.3 is 14.8 Å². The molecule has 2 heterocycles. The lowest BCUT2D eigenvalue weighted by Crippen LogP contribution is -2.11. The number of ether oxygens (including phenoxy) is 2. The van der Waals surface area contributed by atoms with Gasteiger partial charge in [0.05, 0.1) is 18.8 Å². The molecular formula is C18H20BrN5O2. The van der Waals surface area contributed by atoms with Gasteiger partial charge in [0.2, 0.25) is 0 Å². The van der Waals surface area contributed by atoms with Crippen LogP contribution in [0.15, 0.2) is 34.9 Å². The van der Waals surface area contributed by atoms with Crippen LogP contribution in [0.3, 0.4) is 0 Å². The normalized spacial score (nSPS) is 12.2. The first kappa shape index (κ1) is 18.5. The van der Waals surface area contributed by atoms with Gasteiger partial charge in [-0.25, -0.2) is 15.0 Å². The molecule has 7 nitrogen and oxygen atoms in total. The summed E-state index contributed by atoms with van der Waals surface area (Å²) >= 11 is 3.51. The van der Waals surface area contributed by atoms with Crippen molar-refractivity contribution in [2.75, 3.05) is 25.6 Å². The van der Waals surface area contributed by atoms with E-state index >= 15 is 0 Å². The van der Waals surface area contributed by atoms with E-state index in [4.69, 9.17) is 9.47 Å². The second-order valence-corrected chi connectivity index (χ2v) is 6.68. The fourth-order valence-electron chi connectivity index (χ4n) is 2.48. The summed E-state index contributed by atoms with van der Waals surface area (Å²) in [5.74, 6) is 1.30. The quantitative estimate of drug-likeness (QED) is 0.586. The molecule has 0 spiro atoms. The Bertz CT molecular complexity index is 906. The Morgan fingerprint density at radius 1 is 1.19 bits per heavy atom. The van der Waals surface area contributed by atoms with Crippen LogP contribution in [0.5, 0.6) is 6.01 Å². The summed E-state index contributed by atoms with van der Waals surface area (Å²) in [4.78, 5) is 17.6. The number of aromatic nitrogens is 4. The number of anilines is 1. The molecule has 1 atom stereocenters. The Morgan fingerprint density at radius 2 is 2.04 bits per heavy atom. The van der Waals surface area contributed by atoms with E-state index in [1.165, 1.54) is 0 Å². The lowest BCUT2D eigenvalue weighted by atomic mass is 10.1. The Kier molecular flexibility index (Phi) is 5.95. The Labute approximate surface area is 160 Å². The number of benzene rings is 1. The molecule has 1 N–H and O–H groups in total. The van der Waals surface area contributed by atoms with Crippen molar-refractivity contribution in [3.63, 3.8) is 0 Å². The minimum Gasteiger partial charge on any atom is -0.461 e. The van der Waals surface area contributed by atoms with E-state index in [1.807, 2.05) is 19.1 Å². The SMILES string of the molecule is COCCOc1ncc2nc(C)nc(N[C@H](C)c3cccc(Br)c3)c2n1. The lowest BCUT2D eigenvalue weighted by molar-refractivity contribution is 0.141. The zero-order chi connectivity index (χ0) is 18.5. The van der Waals surface area contributed by atoms with Crippen LogP contribution in [0, 0.1) is 6.92 Å². The second-order valence-electron chi connectivity index (χ2n) is 5.77. The molecule has 1 aromatic carbocycles. The largest absolute Gasteiger partial charge is 0.461 e. The number of halogens is 1. The van der Waals surface area contributed by atoms with Gasteiger partial charge in [0.1, 0.15) is 23.5 Å². The highest BCUT2D eigenvalue weighted by atomic mass is 79.9. The first-order valence-electron chi connectivity index (χ1n) is 8.22. The molecule has 3 aromatic rings. The van der Waals surface area contributed by atoms with E-state index in [-0.39, 0.29) is 12.1 Å². The molecule has 2 aromatic heterocycles. The van der Waals surface area contributed by atoms with Crippen molar-refractivity contribution in [3.05, 3.63) is 46.3 Å². The third-order valence-electron chi connectivity index (χ3n) is 3.75. The maximum absolute atomic E-state index is 5.51. The molecule has 0 aliphatic carbocycles. The molecule has 0 aliphatic rings. The lowest BCUT2D eigenvalue weighted by Gasteiger charge is -2.17. The van der Waals surface area contributed by atoms with Gasteiger partial charge >= 0.3 is 6.01 Å².